The third-order valence-electron chi connectivity index (χ3n) is 1.90. The lowest BCUT2D eigenvalue weighted by Crippen LogP contribution is -2.20. The number of allylic oxidation sites excluding steroid dienone is 1. The Morgan fingerprint density at radius 3 is 2.61 bits per heavy atom. The molecular weight excluding hydrogens is 298 g/mol. The lowest BCUT2D eigenvalue weighted by molar-refractivity contribution is -0.142. The fraction of sp³-hybridized carbons (Fsp3) is 0.231. The van der Waals surface area contributed by atoms with Gasteiger partial charge in [0.25, 0.3) is 5.91 Å². The van der Waals surface area contributed by atoms with Gasteiger partial charge in [0.05, 0.1) is 5.69 Å². The molecule has 0 radical (unpaired) electrons. The first-order valence-electron chi connectivity index (χ1n) is 5.35. The number of hydrogen-bond donors (Lipinski definition) is 1. The van der Waals surface area contributed by atoms with Crippen LogP contribution in [0.1, 0.15) is 13.8 Å². The molecule has 0 aliphatic carbocycles. The van der Waals surface area contributed by atoms with Crippen molar-refractivity contribution >= 4 is 33.5 Å². The SMILES string of the molecule is CC(C)=CC(=O)OCC(=O)Nc1ccccc1Br. The number of amides is 1. The predicted molar refractivity (Wildman–Crippen MR) is 73.2 cm³/mol. The van der Waals surface area contributed by atoms with Crippen LogP contribution in [0.15, 0.2) is 40.4 Å². The van der Waals surface area contributed by atoms with E-state index in [1.54, 1.807) is 26.0 Å². The molecule has 0 bridgehead atoms. The van der Waals surface area contributed by atoms with E-state index in [-0.39, 0.29) is 12.5 Å². The van der Waals surface area contributed by atoms with Gasteiger partial charge in [-0.25, -0.2) is 4.79 Å². The van der Waals surface area contributed by atoms with Crippen molar-refractivity contribution in [3.05, 3.63) is 40.4 Å². The summed E-state index contributed by atoms with van der Waals surface area (Å²) in [5.41, 5.74) is 1.46. The molecule has 0 fully saturated rings. The van der Waals surface area contributed by atoms with E-state index in [0.29, 0.717) is 5.69 Å². The molecule has 1 rings (SSSR count). The number of rotatable bonds is 4. The molecule has 0 atom stereocenters. The van der Waals surface area contributed by atoms with E-state index < -0.39 is 5.97 Å². The molecular formula is C13H14BrNO3. The Hall–Kier alpha value is -1.62. The summed E-state index contributed by atoms with van der Waals surface area (Å²) in [6, 6.07) is 7.20. The number of nitrogens with one attached hydrogen (secondary N) is 1. The average molecular weight is 312 g/mol. The first-order chi connectivity index (χ1) is 8.49. The van der Waals surface area contributed by atoms with Crippen LogP contribution in [0.25, 0.3) is 0 Å². The van der Waals surface area contributed by atoms with E-state index in [0.717, 1.165) is 10.0 Å². The number of ether oxygens (including phenoxy) is 1. The van der Waals surface area contributed by atoms with E-state index in [1.165, 1.54) is 6.08 Å². The van der Waals surface area contributed by atoms with Crippen LogP contribution < -0.4 is 5.32 Å². The minimum absolute atomic E-state index is 0.302. The highest BCUT2D eigenvalue weighted by molar-refractivity contribution is 9.10. The first kappa shape index (κ1) is 14.4. The van der Waals surface area contributed by atoms with E-state index >= 15 is 0 Å². The summed E-state index contributed by atoms with van der Waals surface area (Å²) in [6.07, 6.45) is 1.34. The van der Waals surface area contributed by atoms with Crippen LogP contribution in [0.3, 0.4) is 0 Å². The van der Waals surface area contributed by atoms with Gasteiger partial charge in [0.1, 0.15) is 0 Å². The quantitative estimate of drug-likeness (QED) is 0.687. The highest BCUT2D eigenvalue weighted by Crippen LogP contribution is 2.20. The van der Waals surface area contributed by atoms with Crippen LogP contribution in [-0.2, 0) is 14.3 Å². The number of esters is 1. The summed E-state index contributed by atoms with van der Waals surface area (Å²) in [5, 5.41) is 2.64. The monoisotopic (exact) mass is 311 g/mol. The maximum absolute atomic E-state index is 11.5. The largest absolute Gasteiger partial charge is 0.452 e. The molecule has 0 saturated heterocycles. The summed E-state index contributed by atoms with van der Waals surface area (Å²) in [6.45, 7) is 3.26. The van der Waals surface area contributed by atoms with Gasteiger partial charge in [-0.1, -0.05) is 17.7 Å². The van der Waals surface area contributed by atoms with Crippen molar-refractivity contribution in [3.63, 3.8) is 0 Å². The second-order valence-electron chi connectivity index (χ2n) is 3.86. The molecule has 0 aliphatic heterocycles. The van der Waals surface area contributed by atoms with Gasteiger partial charge in [0, 0.05) is 10.5 Å². The molecule has 18 heavy (non-hydrogen) atoms. The molecule has 0 heterocycles. The third kappa shape index (κ3) is 5.14. The van der Waals surface area contributed by atoms with Gasteiger partial charge < -0.3 is 10.1 Å². The Kier molecular flexibility index (Phi) is 5.58. The topological polar surface area (TPSA) is 55.4 Å². The zero-order valence-corrected chi connectivity index (χ0v) is 11.8. The number of hydrogen-bond acceptors (Lipinski definition) is 3. The second-order valence-corrected chi connectivity index (χ2v) is 4.71. The molecule has 1 N–H and O–H groups in total. The Labute approximate surface area is 114 Å². The molecule has 0 spiro atoms. The number of anilines is 1. The van der Waals surface area contributed by atoms with Crippen LogP contribution in [0.2, 0.25) is 0 Å². The number of carbonyl (C=O) groups is 2. The van der Waals surface area contributed by atoms with Crippen molar-refractivity contribution in [2.24, 2.45) is 0 Å². The minimum atomic E-state index is -0.516. The molecule has 1 aromatic rings. The summed E-state index contributed by atoms with van der Waals surface area (Å²) in [7, 11) is 0. The molecule has 1 aromatic carbocycles. The van der Waals surface area contributed by atoms with Crippen LogP contribution in [0.4, 0.5) is 5.69 Å². The highest BCUT2D eigenvalue weighted by Gasteiger charge is 2.07. The fourth-order valence-electron chi connectivity index (χ4n) is 1.16. The number of para-hydroxylation sites is 1. The molecule has 1 amide bonds. The van der Waals surface area contributed by atoms with E-state index in [4.69, 9.17) is 4.74 Å². The maximum Gasteiger partial charge on any atom is 0.331 e. The Morgan fingerprint density at radius 2 is 2.00 bits per heavy atom. The smallest absolute Gasteiger partial charge is 0.331 e. The van der Waals surface area contributed by atoms with Gasteiger partial charge in [0.2, 0.25) is 0 Å². The molecule has 5 heteroatoms. The summed E-state index contributed by atoms with van der Waals surface area (Å²) < 4.78 is 5.56. The zero-order valence-electron chi connectivity index (χ0n) is 10.2. The van der Waals surface area contributed by atoms with Crippen molar-refractivity contribution in [2.45, 2.75) is 13.8 Å². The van der Waals surface area contributed by atoms with Gasteiger partial charge in [-0.3, -0.25) is 4.79 Å². The number of halogens is 1. The van der Waals surface area contributed by atoms with Crippen LogP contribution >= 0.6 is 15.9 Å². The number of carbonyl (C=O) groups excluding carboxylic acids is 2. The van der Waals surface area contributed by atoms with Crippen LogP contribution in [-0.4, -0.2) is 18.5 Å². The summed E-state index contributed by atoms with van der Waals surface area (Å²) in [4.78, 5) is 22.7. The van der Waals surface area contributed by atoms with Crippen LogP contribution in [0.5, 0.6) is 0 Å². The van der Waals surface area contributed by atoms with Gasteiger partial charge in [-0.05, 0) is 41.9 Å². The van der Waals surface area contributed by atoms with Gasteiger partial charge in [-0.15, -0.1) is 0 Å². The van der Waals surface area contributed by atoms with Crippen molar-refractivity contribution in [2.75, 3.05) is 11.9 Å². The zero-order chi connectivity index (χ0) is 13.5. The van der Waals surface area contributed by atoms with Crippen molar-refractivity contribution < 1.29 is 14.3 Å². The van der Waals surface area contributed by atoms with Gasteiger partial charge in [-0.2, -0.15) is 0 Å². The minimum Gasteiger partial charge on any atom is -0.452 e. The molecule has 0 saturated carbocycles. The summed E-state index contributed by atoms with van der Waals surface area (Å²) >= 11 is 3.31. The lowest BCUT2D eigenvalue weighted by Gasteiger charge is -2.07. The number of benzene rings is 1. The van der Waals surface area contributed by atoms with Gasteiger partial charge >= 0.3 is 5.97 Å². The normalized spacial score (nSPS) is 9.50. The standard InChI is InChI=1S/C13H14BrNO3/c1-9(2)7-13(17)18-8-12(16)15-11-6-4-3-5-10(11)14/h3-7H,8H2,1-2H3,(H,15,16). The second kappa shape index (κ2) is 6.96. The molecule has 4 nitrogen and oxygen atoms in total. The first-order valence-corrected chi connectivity index (χ1v) is 6.14. The van der Waals surface area contributed by atoms with Crippen LogP contribution in [0, 0.1) is 0 Å². The fourth-order valence-corrected chi connectivity index (χ4v) is 1.55. The maximum atomic E-state index is 11.5. The van der Waals surface area contributed by atoms with Crippen molar-refractivity contribution in [1.82, 2.24) is 0 Å². The average Bonchev–Trinajstić information content (AvgIpc) is 2.29. The molecule has 0 aromatic heterocycles. The molecule has 0 unspecified atom stereocenters. The van der Waals surface area contributed by atoms with E-state index in [1.807, 2.05) is 12.1 Å². The lowest BCUT2D eigenvalue weighted by atomic mass is 10.3. The van der Waals surface area contributed by atoms with E-state index in [9.17, 15) is 9.59 Å². The van der Waals surface area contributed by atoms with Gasteiger partial charge in [0.15, 0.2) is 6.61 Å². The Morgan fingerprint density at radius 1 is 1.33 bits per heavy atom. The molecule has 96 valence electrons. The third-order valence-corrected chi connectivity index (χ3v) is 2.59. The highest BCUT2D eigenvalue weighted by atomic mass is 79.9. The van der Waals surface area contributed by atoms with Crippen molar-refractivity contribution in [1.29, 1.82) is 0 Å². The van der Waals surface area contributed by atoms with E-state index in [2.05, 4.69) is 21.2 Å². The Bertz CT molecular complexity index is 479. The molecule has 0 aliphatic rings. The predicted octanol–water partition coefficient (Wildman–Crippen LogP) is 2.90. The summed E-state index contributed by atoms with van der Waals surface area (Å²) in [5.74, 6) is -0.894. The Balaban J connectivity index is 2.46. The van der Waals surface area contributed by atoms with Crippen molar-refractivity contribution in [3.8, 4) is 0 Å².